The van der Waals surface area contributed by atoms with Crippen LogP contribution in [0.5, 0.6) is 11.5 Å². The number of likely N-dealkylation sites (N-methyl/N-ethyl adjacent to an activating group) is 1. The largest absolute Gasteiger partial charge is 1.00 e. The Kier molecular flexibility index (Phi) is 3.51. The molecule has 2 bridgehead atoms. The molecule has 5 aliphatic rings. The van der Waals surface area contributed by atoms with Gasteiger partial charge in [0.15, 0.2) is 23.4 Å². The second kappa shape index (κ2) is 5.28. The summed E-state index contributed by atoms with van der Waals surface area (Å²) in [4.78, 5) is 12.8. The summed E-state index contributed by atoms with van der Waals surface area (Å²) in [6.45, 7) is 2.09. The molecule has 1 aromatic rings. The molecule has 1 saturated heterocycles. The summed E-state index contributed by atoms with van der Waals surface area (Å²) in [5.74, 6) is 1.42. The van der Waals surface area contributed by atoms with Gasteiger partial charge in [-0.15, -0.1) is 0 Å². The molecule has 2 saturated carbocycles. The Morgan fingerprint density at radius 1 is 1.30 bits per heavy atom. The first-order chi connectivity index (χ1) is 12.4. The lowest BCUT2D eigenvalue weighted by atomic mass is 9.48. The third-order valence-corrected chi connectivity index (χ3v) is 8.28. The maximum absolute atomic E-state index is 12.8. The fourth-order valence-corrected chi connectivity index (χ4v) is 6.94. The Morgan fingerprint density at radius 3 is 2.81 bits per heavy atom. The highest BCUT2D eigenvalue weighted by Crippen LogP contribution is 2.65. The third kappa shape index (κ3) is 1.94. The van der Waals surface area contributed by atoms with E-state index in [1.165, 1.54) is 12.8 Å². The molecule has 0 radical (unpaired) electrons. The highest BCUT2D eigenvalue weighted by Gasteiger charge is 2.76. The molecule has 5 unspecified atom stereocenters. The topological polar surface area (TPSA) is 66.8 Å². The van der Waals surface area contributed by atoms with E-state index < -0.39 is 17.1 Å². The highest BCUT2D eigenvalue weighted by molar-refractivity contribution is 5.90. The first-order valence-corrected chi connectivity index (χ1v) is 10.0. The molecule has 27 heavy (non-hydrogen) atoms. The van der Waals surface area contributed by atoms with Crippen LogP contribution >= 0.6 is 0 Å². The van der Waals surface area contributed by atoms with E-state index in [1.54, 1.807) is 6.07 Å². The number of Topliss-reactive ketones (excluding diaryl/α,β-unsaturated/α-hetero) is 1. The Balaban J connectivity index is 0.00000160. The number of rotatable bonds is 2. The number of nitrogens with zero attached hydrogens (tertiary/aromatic N) is 1. The van der Waals surface area contributed by atoms with Gasteiger partial charge in [-0.25, -0.2) is 0 Å². The van der Waals surface area contributed by atoms with Gasteiger partial charge in [0.1, 0.15) is 11.6 Å². The summed E-state index contributed by atoms with van der Waals surface area (Å²) >= 11 is 0. The normalized spacial score (nSPS) is 43.6. The molecule has 2 aliphatic heterocycles. The number of carbonyl (C=O) groups excluding carboxylic acids is 1. The van der Waals surface area contributed by atoms with Crippen molar-refractivity contribution < 1.29 is 41.2 Å². The van der Waals surface area contributed by atoms with E-state index in [0.29, 0.717) is 18.6 Å². The molecule has 2 heterocycles. The van der Waals surface area contributed by atoms with E-state index in [2.05, 4.69) is 7.05 Å². The molecule has 3 aliphatic carbocycles. The van der Waals surface area contributed by atoms with E-state index in [1.807, 2.05) is 6.07 Å². The van der Waals surface area contributed by atoms with Crippen LogP contribution in [0.15, 0.2) is 12.1 Å². The van der Waals surface area contributed by atoms with Crippen molar-refractivity contribution in [2.45, 2.75) is 61.7 Å². The van der Waals surface area contributed by atoms with Crippen LogP contribution in [0.4, 0.5) is 0 Å². The van der Waals surface area contributed by atoms with E-state index >= 15 is 0 Å². The zero-order chi connectivity index (χ0) is 17.9. The number of carbonyl (C=O) groups is 1. The van der Waals surface area contributed by atoms with Crippen LogP contribution in [-0.2, 0) is 16.6 Å². The predicted molar refractivity (Wildman–Crippen MR) is 94.1 cm³/mol. The lowest BCUT2D eigenvalue weighted by Crippen LogP contribution is -3.00. The van der Waals surface area contributed by atoms with Crippen molar-refractivity contribution in [1.29, 1.82) is 0 Å². The number of hydrogen-bond acceptors (Lipinski definition) is 4. The monoisotopic (exact) mass is 435 g/mol. The van der Waals surface area contributed by atoms with Crippen molar-refractivity contribution in [3.63, 3.8) is 0 Å². The van der Waals surface area contributed by atoms with Crippen LogP contribution in [0.1, 0.15) is 43.2 Å². The molecule has 0 amide bonds. The molecule has 2 N–H and O–H groups in total. The summed E-state index contributed by atoms with van der Waals surface area (Å²) in [5.41, 5.74) is 0.492. The second-order valence-electron chi connectivity index (χ2n) is 9.61. The van der Waals surface area contributed by atoms with Crippen LogP contribution in [0.3, 0.4) is 0 Å². The van der Waals surface area contributed by atoms with Gasteiger partial charge in [0.25, 0.3) is 0 Å². The van der Waals surface area contributed by atoms with Crippen molar-refractivity contribution in [3.8, 4) is 11.5 Å². The minimum atomic E-state index is -0.931. The van der Waals surface area contributed by atoms with E-state index in [-0.39, 0.29) is 34.6 Å². The van der Waals surface area contributed by atoms with E-state index in [0.717, 1.165) is 47.5 Å². The van der Waals surface area contributed by atoms with E-state index in [4.69, 9.17) is 4.74 Å². The Labute approximate surface area is 169 Å². The number of halogens is 1. The van der Waals surface area contributed by atoms with Crippen LogP contribution < -0.4 is 21.7 Å². The number of aromatic hydroxyl groups is 1. The summed E-state index contributed by atoms with van der Waals surface area (Å²) < 4.78 is 6.98. The maximum atomic E-state index is 12.8. The minimum absolute atomic E-state index is 0. The fraction of sp³-hybridized carbons (Fsp3) is 0.667. The van der Waals surface area contributed by atoms with E-state index in [9.17, 15) is 15.0 Å². The number of aliphatic hydroxyl groups is 1. The standard InChI is InChI=1S/C21H25NO4.BrH/c1-22(11-12-2-3-12)9-8-20-17-13-4-5-14(23)18(17)26-19(20)15(24)6-7-21(20,25)16(22)10-13;/h4-5,12,16,19,25H,2-3,6-11H2,1H3;1H. The second-order valence-corrected chi connectivity index (χ2v) is 9.61. The van der Waals surface area contributed by atoms with Crippen molar-refractivity contribution in [2.75, 3.05) is 20.1 Å². The first kappa shape index (κ1) is 18.0. The third-order valence-electron chi connectivity index (χ3n) is 8.28. The number of quaternary nitrogens is 1. The van der Waals surface area contributed by atoms with Crippen LogP contribution in [0.2, 0.25) is 0 Å². The van der Waals surface area contributed by atoms with Gasteiger partial charge in [0.05, 0.1) is 25.6 Å². The number of ketones is 1. The Hall–Kier alpha value is -1.11. The zero-order valence-corrected chi connectivity index (χ0v) is 17.2. The van der Waals surface area contributed by atoms with Gasteiger partial charge in [-0.2, -0.15) is 0 Å². The van der Waals surface area contributed by atoms with Gasteiger partial charge in [0.2, 0.25) is 0 Å². The SMILES string of the molecule is C[N+]1(CC2CC2)CCC23c4c5ccc(O)c4OC2C(=O)CCC3(O)C1C5.[Br-]. The average Bonchev–Trinajstić information content (AvgIpc) is 3.32. The smallest absolute Gasteiger partial charge is 0.174 e. The molecule has 6 heteroatoms. The minimum Gasteiger partial charge on any atom is -1.00 e. The van der Waals surface area contributed by atoms with Crippen LogP contribution in [0, 0.1) is 5.92 Å². The fourth-order valence-electron chi connectivity index (χ4n) is 6.94. The molecule has 1 aromatic carbocycles. The van der Waals surface area contributed by atoms with Crippen LogP contribution in [0.25, 0.3) is 0 Å². The Bertz CT molecular complexity index is 855. The molecular formula is C21H26BrNO4. The average molecular weight is 436 g/mol. The van der Waals surface area contributed by atoms with Gasteiger partial charge in [-0.05, 0) is 30.9 Å². The quantitative estimate of drug-likeness (QED) is 0.565. The first-order valence-electron chi connectivity index (χ1n) is 10.0. The summed E-state index contributed by atoms with van der Waals surface area (Å²) in [7, 11) is 2.31. The van der Waals surface area contributed by atoms with Crippen molar-refractivity contribution in [3.05, 3.63) is 23.3 Å². The molecule has 146 valence electrons. The summed E-state index contributed by atoms with van der Waals surface area (Å²) in [6.07, 6.45) is 4.42. The summed E-state index contributed by atoms with van der Waals surface area (Å²) in [5, 5.41) is 22.5. The molecule has 0 aromatic heterocycles. The zero-order valence-electron chi connectivity index (χ0n) is 15.6. The molecule has 6 rings (SSSR count). The molecule has 5 atom stereocenters. The van der Waals surface area contributed by atoms with Crippen molar-refractivity contribution in [2.24, 2.45) is 5.92 Å². The van der Waals surface area contributed by atoms with Gasteiger partial charge in [-0.3, -0.25) is 4.79 Å². The van der Waals surface area contributed by atoms with Gasteiger partial charge >= 0.3 is 0 Å². The number of phenolic OH excluding ortho intramolecular Hbond substituents is 1. The lowest BCUT2D eigenvalue weighted by molar-refractivity contribution is -0.950. The van der Waals surface area contributed by atoms with Gasteiger partial charge in [-0.1, -0.05) is 6.07 Å². The number of likely N-dealkylation sites (tertiary alicyclic amines) is 1. The predicted octanol–water partition coefficient (Wildman–Crippen LogP) is -1.33. The van der Waals surface area contributed by atoms with Crippen molar-refractivity contribution >= 4 is 5.78 Å². The highest BCUT2D eigenvalue weighted by atomic mass is 79.9. The summed E-state index contributed by atoms with van der Waals surface area (Å²) in [6, 6.07) is 3.77. The number of benzene rings is 1. The number of piperidine rings is 1. The Morgan fingerprint density at radius 2 is 2.07 bits per heavy atom. The number of hydrogen-bond donors (Lipinski definition) is 2. The molecular weight excluding hydrogens is 410 g/mol. The lowest BCUT2D eigenvalue weighted by Gasteiger charge is -2.64. The van der Waals surface area contributed by atoms with Gasteiger partial charge in [0, 0.05) is 30.7 Å². The molecule has 5 nitrogen and oxygen atoms in total. The van der Waals surface area contributed by atoms with Crippen molar-refractivity contribution in [1.82, 2.24) is 0 Å². The molecule has 1 spiro atoms. The number of phenols is 1. The number of ether oxygens (including phenoxy) is 1. The molecule has 3 fully saturated rings. The van der Waals surface area contributed by atoms with Crippen LogP contribution in [-0.4, -0.2) is 58.4 Å². The van der Waals surface area contributed by atoms with Gasteiger partial charge < -0.3 is 36.4 Å². The maximum Gasteiger partial charge on any atom is 0.174 e.